The topological polar surface area (TPSA) is 18.5 Å². The molecule has 1 heterocycles. The first-order valence-electron chi connectivity index (χ1n) is 6.71. The van der Waals surface area contributed by atoms with Crippen molar-refractivity contribution in [3.05, 3.63) is 11.5 Å². The summed E-state index contributed by atoms with van der Waals surface area (Å²) in [7, 11) is -0.174. The molecule has 0 radical (unpaired) electrons. The van der Waals surface area contributed by atoms with Gasteiger partial charge >= 0.3 is 7.12 Å². The Labute approximate surface area is 106 Å². The summed E-state index contributed by atoms with van der Waals surface area (Å²) >= 11 is 0. The largest absolute Gasteiger partial charge is 0.487 e. The molecule has 0 spiro atoms. The van der Waals surface area contributed by atoms with Crippen LogP contribution in [0.5, 0.6) is 0 Å². The third-order valence-electron chi connectivity index (χ3n) is 4.73. The lowest BCUT2D eigenvalue weighted by Crippen LogP contribution is -2.41. The molecule has 3 heteroatoms. The molecular formula is C14H25BO2. The average molecular weight is 236 g/mol. The second-order valence-corrected chi connectivity index (χ2v) is 7.05. The molecule has 0 atom stereocenters. The molecule has 17 heavy (non-hydrogen) atoms. The lowest BCUT2D eigenvalue weighted by atomic mass is 9.78. The minimum Gasteiger partial charge on any atom is -0.400 e. The molecule has 1 saturated carbocycles. The standard InChI is InChI=1S/C14H25BO2/c1-12(2)9-7-8-11(12)10-15-16-13(3,4)14(5,6)17-15/h10H,7-9H2,1-6H3/b11-10-. The fourth-order valence-corrected chi connectivity index (χ4v) is 2.65. The second kappa shape index (κ2) is 3.86. The van der Waals surface area contributed by atoms with Gasteiger partial charge in [0.05, 0.1) is 11.2 Å². The van der Waals surface area contributed by atoms with Crippen molar-refractivity contribution >= 4 is 7.12 Å². The maximum absolute atomic E-state index is 6.02. The summed E-state index contributed by atoms with van der Waals surface area (Å²) in [6.45, 7) is 13.0. The quantitative estimate of drug-likeness (QED) is 0.645. The van der Waals surface area contributed by atoms with Crippen LogP contribution in [0.4, 0.5) is 0 Å². The van der Waals surface area contributed by atoms with Crippen LogP contribution < -0.4 is 0 Å². The minimum absolute atomic E-state index is 0.174. The van der Waals surface area contributed by atoms with Gasteiger partial charge in [-0.25, -0.2) is 0 Å². The van der Waals surface area contributed by atoms with E-state index in [1.165, 1.54) is 24.8 Å². The average Bonchev–Trinajstić information content (AvgIpc) is 2.52. The summed E-state index contributed by atoms with van der Waals surface area (Å²) in [6, 6.07) is 0. The van der Waals surface area contributed by atoms with Gasteiger partial charge in [-0.15, -0.1) is 0 Å². The molecule has 2 fully saturated rings. The third-order valence-corrected chi connectivity index (χ3v) is 4.73. The van der Waals surface area contributed by atoms with E-state index < -0.39 is 0 Å². The summed E-state index contributed by atoms with van der Waals surface area (Å²) in [6.07, 6.45) is 3.76. The third kappa shape index (κ3) is 2.32. The Morgan fingerprint density at radius 1 is 1.00 bits per heavy atom. The zero-order chi connectivity index (χ0) is 12.9. The molecule has 0 bridgehead atoms. The van der Waals surface area contributed by atoms with E-state index in [9.17, 15) is 0 Å². The van der Waals surface area contributed by atoms with Crippen LogP contribution in [0.25, 0.3) is 0 Å². The summed E-state index contributed by atoms with van der Waals surface area (Å²) < 4.78 is 12.0. The number of rotatable bonds is 1. The van der Waals surface area contributed by atoms with Gasteiger partial charge in [0.2, 0.25) is 0 Å². The zero-order valence-electron chi connectivity index (χ0n) is 12.1. The van der Waals surface area contributed by atoms with Gasteiger partial charge < -0.3 is 9.31 Å². The number of hydrogen-bond donors (Lipinski definition) is 0. The van der Waals surface area contributed by atoms with Gasteiger partial charge in [0.25, 0.3) is 0 Å². The predicted octanol–water partition coefficient (Wildman–Crippen LogP) is 3.75. The maximum atomic E-state index is 6.02. The van der Waals surface area contributed by atoms with Crippen molar-refractivity contribution in [1.29, 1.82) is 0 Å². The highest BCUT2D eigenvalue weighted by Gasteiger charge is 2.50. The fraction of sp³-hybridized carbons (Fsp3) is 0.857. The summed E-state index contributed by atoms with van der Waals surface area (Å²) in [5.74, 6) is 2.21. The van der Waals surface area contributed by atoms with Crippen LogP contribution in [0.2, 0.25) is 0 Å². The molecule has 2 aliphatic rings. The summed E-state index contributed by atoms with van der Waals surface area (Å²) in [5.41, 5.74) is 1.37. The van der Waals surface area contributed by atoms with Gasteiger partial charge in [0.1, 0.15) is 0 Å². The molecule has 0 aromatic carbocycles. The van der Waals surface area contributed by atoms with Gasteiger partial charge in [-0.2, -0.15) is 0 Å². The van der Waals surface area contributed by atoms with Crippen LogP contribution >= 0.6 is 0 Å². The van der Waals surface area contributed by atoms with E-state index in [1.54, 1.807) is 0 Å². The Bertz CT molecular complexity index is 326. The summed E-state index contributed by atoms with van der Waals surface area (Å²) in [4.78, 5) is 0. The first-order chi connectivity index (χ1) is 7.64. The lowest BCUT2D eigenvalue weighted by Gasteiger charge is -2.32. The van der Waals surface area contributed by atoms with Crippen LogP contribution in [-0.2, 0) is 9.31 Å². The van der Waals surface area contributed by atoms with Crippen LogP contribution in [0.15, 0.2) is 11.5 Å². The van der Waals surface area contributed by atoms with Crippen molar-refractivity contribution in [2.45, 2.75) is 72.0 Å². The maximum Gasteiger partial charge on any atom is 0.487 e. The van der Waals surface area contributed by atoms with E-state index in [0.29, 0.717) is 5.41 Å². The second-order valence-electron chi connectivity index (χ2n) is 7.05. The highest BCUT2D eigenvalue weighted by Crippen LogP contribution is 2.44. The highest BCUT2D eigenvalue weighted by atomic mass is 16.7. The first kappa shape index (κ1) is 13.2. The Morgan fingerprint density at radius 3 is 1.94 bits per heavy atom. The van der Waals surface area contributed by atoms with Gasteiger partial charge in [-0.1, -0.05) is 25.4 Å². The van der Waals surface area contributed by atoms with Gasteiger partial charge in [0, 0.05) is 0 Å². The number of allylic oxidation sites excluding steroid dienone is 1. The lowest BCUT2D eigenvalue weighted by molar-refractivity contribution is 0.00578. The van der Waals surface area contributed by atoms with Crippen molar-refractivity contribution in [3.63, 3.8) is 0 Å². The molecule has 0 aromatic heterocycles. The molecule has 0 aromatic rings. The zero-order valence-corrected chi connectivity index (χ0v) is 12.1. The van der Waals surface area contributed by atoms with E-state index in [-0.39, 0.29) is 18.3 Å². The van der Waals surface area contributed by atoms with E-state index in [2.05, 4.69) is 47.5 Å². The monoisotopic (exact) mass is 236 g/mol. The molecule has 2 rings (SSSR count). The highest BCUT2D eigenvalue weighted by molar-refractivity contribution is 6.51. The SMILES string of the molecule is CC1(C)CCC/C1=C/B1OC(C)(C)C(C)(C)O1. The Morgan fingerprint density at radius 2 is 1.53 bits per heavy atom. The van der Waals surface area contributed by atoms with E-state index in [4.69, 9.17) is 9.31 Å². The van der Waals surface area contributed by atoms with Crippen molar-refractivity contribution < 1.29 is 9.31 Å². The summed E-state index contributed by atoms with van der Waals surface area (Å²) in [5, 5.41) is 0. The Kier molecular flexibility index (Phi) is 2.99. The smallest absolute Gasteiger partial charge is 0.400 e. The van der Waals surface area contributed by atoms with E-state index in [1.807, 2.05) is 0 Å². The molecule has 0 unspecified atom stereocenters. The van der Waals surface area contributed by atoms with Crippen molar-refractivity contribution in [3.8, 4) is 0 Å². The van der Waals surface area contributed by atoms with E-state index in [0.717, 1.165) is 0 Å². The van der Waals surface area contributed by atoms with Crippen LogP contribution in [-0.4, -0.2) is 18.3 Å². The van der Waals surface area contributed by atoms with Crippen LogP contribution in [0, 0.1) is 5.41 Å². The molecule has 96 valence electrons. The molecule has 1 aliphatic heterocycles. The van der Waals surface area contributed by atoms with Gasteiger partial charge in [0.15, 0.2) is 0 Å². The molecule has 0 amide bonds. The Hall–Kier alpha value is -0.275. The predicted molar refractivity (Wildman–Crippen MR) is 71.8 cm³/mol. The molecule has 1 saturated heterocycles. The van der Waals surface area contributed by atoms with Crippen LogP contribution in [0.1, 0.15) is 60.8 Å². The minimum atomic E-state index is -0.225. The normalized spacial score (nSPS) is 32.4. The van der Waals surface area contributed by atoms with Gasteiger partial charge in [-0.3, -0.25) is 0 Å². The van der Waals surface area contributed by atoms with Crippen molar-refractivity contribution in [1.82, 2.24) is 0 Å². The molecule has 1 aliphatic carbocycles. The van der Waals surface area contributed by atoms with Crippen LogP contribution in [0.3, 0.4) is 0 Å². The first-order valence-corrected chi connectivity index (χ1v) is 6.71. The molecular weight excluding hydrogens is 211 g/mol. The van der Waals surface area contributed by atoms with Crippen molar-refractivity contribution in [2.24, 2.45) is 5.41 Å². The number of hydrogen-bond acceptors (Lipinski definition) is 2. The van der Waals surface area contributed by atoms with E-state index >= 15 is 0 Å². The molecule has 0 N–H and O–H groups in total. The Balaban J connectivity index is 2.15. The molecule has 2 nitrogen and oxygen atoms in total. The fourth-order valence-electron chi connectivity index (χ4n) is 2.65. The van der Waals surface area contributed by atoms with Gasteiger partial charge in [-0.05, 0) is 52.4 Å². The van der Waals surface area contributed by atoms with Crippen molar-refractivity contribution in [2.75, 3.05) is 0 Å².